The lowest BCUT2D eigenvalue weighted by molar-refractivity contribution is -0.138. The van der Waals surface area contributed by atoms with Gasteiger partial charge in [-0.2, -0.15) is 0 Å². The second-order valence-corrected chi connectivity index (χ2v) is 7.31. The first-order chi connectivity index (χ1) is 12.2. The fourth-order valence-electron chi connectivity index (χ4n) is 4.11. The van der Waals surface area contributed by atoms with Gasteiger partial charge < -0.3 is 15.1 Å². The maximum absolute atomic E-state index is 13.0. The van der Waals surface area contributed by atoms with Crippen molar-refractivity contribution >= 4 is 11.8 Å². The van der Waals surface area contributed by atoms with Crippen LogP contribution in [0.15, 0.2) is 30.3 Å². The maximum atomic E-state index is 13.0. The van der Waals surface area contributed by atoms with Gasteiger partial charge in [-0.1, -0.05) is 18.2 Å². The van der Waals surface area contributed by atoms with Crippen molar-refractivity contribution in [3.8, 4) is 0 Å². The third-order valence-electron chi connectivity index (χ3n) is 5.40. The van der Waals surface area contributed by atoms with Crippen LogP contribution in [-0.4, -0.2) is 61.4 Å². The third kappa shape index (κ3) is 4.40. The molecule has 1 aromatic carbocycles. The van der Waals surface area contributed by atoms with Crippen LogP contribution in [0.4, 0.5) is 0 Å². The van der Waals surface area contributed by atoms with Crippen LogP contribution in [0.1, 0.15) is 36.0 Å². The number of piperidine rings is 2. The maximum Gasteiger partial charge on any atom is 0.253 e. The molecule has 5 nitrogen and oxygen atoms in total. The minimum atomic E-state index is -0.0465. The number of amides is 2. The number of nitrogens with zero attached hydrogens (tertiary/aromatic N) is 2. The van der Waals surface area contributed by atoms with Crippen LogP contribution < -0.4 is 5.32 Å². The van der Waals surface area contributed by atoms with Gasteiger partial charge in [0.05, 0.1) is 5.92 Å². The van der Waals surface area contributed by atoms with Crippen molar-refractivity contribution < 1.29 is 9.59 Å². The minimum Gasteiger partial charge on any atom is -0.342 e. The van der Waals surface area contributed by atoms with Gasteiger partial charge in [0.15, 0.2) is 0 Å². The summed E-state index contributed by atoms with van der Waals surface area (Å²) in [6.07, 6.45) is 4.07. The minimum absolute atomic E-state index is 0.0461. The molecule has 0 radical (unpaired) electrons. The van der Waals surface area contributed by atoms with Gasteiger partial charge >= 0.3 is 0 Å². The van der Waals surface area contributed by atoms with Gasteiger partial charge in [0.1, 0.15) is 0 Å². The standard InChI is InChI=1S/C20H29N3O2/c1-21-13-16-7-5-11-22(14-16)20(25)18-10-6-12-23(15-18)19(24)17-8-3-2-4-9-17/h2-4,8-9,16,18,21H,5-7,10-15H2,1H3. The van der Waals surface area contributed by atoms with Crippen molar-refractivity contribution in [2.24, 2.45) is 11.8 Å². The third-order valence-corrected chi connectivity index (χ3v) is 5.40. The van der Waals surface area contributed by atoms with E-state index in [1.165, 1.54) is 6.42 Å². The quantitative estimate of drug-likeness (QED) is 0.910. The Kier molecular flexibility index (Phi) is 6.08. The first kappa shape index (κ1) is 17.9. The van der Waals surface area contributed by atoms with Crippen LogP contribution in [0.5, 0.6) is 0 Å². The Hall–Kier alpha value is -1.88. The first-order valence-corrected chi connectivity index (χ1v) is 9.46. The van der Waals surface area contributed by atoms with Gasteiger partial charge in [-0.3, -0.25) is 9.59 Å². The summed E-state index contributed by atoms with van der Waals surface area (Å²) in [4.78, 5) is 29.5. The van der Waals surface area contributed by atoms with E-state index in [1.807, 2.05) is 47.2 Å². The molecule has 0 bridgehead atoms. The van der Waals surface area contributed by atoms with E-state index in [1.54, 1.807) is 0 Å². The van der Waals surface area contributed by atoms with Gasteiger partial charge in [0.25, 0.3) is 5.91 Å². The van der Waals surface area contributed by atoms with Crippen LogP contribution in [0.3, 0.4) is 0 Å². The molecule has 0 aromatic heterocycles. The number of carbonyl (C=O) groups is 2. The Morgan fingerprint density at radius 2 is 1.76 bits per heavy atom. The number of likely N-dealkylation sites (tertiary alicyclic amines) is 2. The van der Waals surface area contributed by atoms with E-state index in [0.29, 0.717) is 18.0 Å². The van der Waals surface area contributed by atoms with E-state index in [-0.39, 0.29) is 17.7 Å². The number of hydrogen-bond acceptors (Lipinski definition) is 3. The summed E-state index contributed by atoms with van der Waals surface area (Å²) < 4.78 is 0. The van der Waals surface area contributed by atoms with E-state index in [2.05, 4.69) is 5.32 Å². The molecule has 2 saturated heterocycles. The normalized spacial score (nSPS) is 24.2. The molecule has 2 amide bonds. The summed E-state index contributed by atoms with van der Waals surface area (Å²) in [5, 5.41) is 3.23. The first-order valence-electron chi connectivity index (χ1n) is 9.46. The topological polar surface area (TPSA) is 52.7 Å². The van der Waals surface area contributed by atoms with Gasteiger partial charge in [-0.15, -0.1) is 0 Å². The molecule has 5 heteroatoms. The van der Waals surface area contributed by atoms with Crippen LogP contribution in [0.2, 0.25) is 0 Å². The monoisotopic (exact) mass is 343 g/mol. The molecule has 1 N–H and O–H groups in total. The highest BCUT2D eigenvalue weighted by Gasteiger charge is 2.33. The van der Waals surface area contributed by atoms with E-state index in [4.69, 9.17) is 0 Å². The summed E-state index contributed by atoms with van der Waals surface area (Å²) in [6.45, 7) is 3.98. The highest BCUT2D eigenvalue weighted by molar-refractivity contribution is 5.94. The van der Waals surface area contributed by atoms with Crippen LogP contribution in [-0.2, 0) is 4.79 Å². The van der Waals surface area contributed by atoms with Crippen molar-refractivity contribution in [1.29, 1.82) is 0 Å². The Labute approximate surface area is 150 Å². The second kappa shape index (κ2) is 8.48. The number of nitrogens with one attached hydrogen (secondary N) is 1. The smallest absolute Gasteiger partial charge is 0.253 e. The summed E-state index contributed by atoms with van der Waals surface area (Å²) in [5.41, 5.74) is 0.711. The molecule has 2 unspecified atom stereocenters. The summed E-state index contributed by atoms with van der Waals surface area (Å²) in [6, 6.07) is 9.38. The van der Waals surface area contributed by atoms with Gasteiger partial charge in [-0.05, 0) is 57.3 Å². The summed E-state index contributed by atoms with van der Waals surface area (Å²) >= 11 is 0. The molecule has 2 fully saturated rings. The lowest BCUT2D eigenvalue weighted by atomic mass is 9.92. The number of hydrogen-bond donors (Lipinski definition) is 1. The Balaban J connectivity index is 1.61. The Morgan fingerprint density at radius 1 is 1.04 bits per heavy atom. The molecule has 2 aliphatic rings. The highest BCUT2D eigenvalue weighted by atomic mass is 16.2. The van der Waals surface area contributed by atoms with Crippen molar-refractivity contribution in [3.05, 3.63) is 35.9 Å². The SMILES string of the molecule is CNCC1CCCN(C(=O)C2CCCN(C(=O)c3ccccc3)C2)C1. The number of benzene rings is 1. The van der Waals surface area contributed by atoms with Gasteiger partial charge in [0, 0.05) is 31.7 Å². The zero-order valence-corrected chi connectivity index (χ0v) is 15.1. The molecule has 136 valence electrons. The number of carbonyl (C=O) groups excluding carboxylic acids is 2. The zero-order valence-electron chi connectivity index (χ0n) is 15.1. The van der Waals surface area contributed by atoms with E-state index in [0.717, 1.165) is 45.4 Å². The van der Waals surface area contributed by atoms with E-state index >= 15 is 0 Å². The average Bonchev–Trinajstić information content (AvgIpc) is 2.68. The number of rotatable bonds is 4. The van der Waals surface area contributed by atoms with Crippen LogP contribution >= 0.6 is 0 Å². The zero-order chi connectivity index (χ0) is 17.6. The predicted molar refractivity (Wildman–Crippen MR) is 98.3 cm³/mol. The van der Waals surface area contributed by atoms with Gasteiger partial charge in [-0.25, -0.2) is 0 Å². The molecule has 2 atom stereocenters. The molecule has 3 rings (SSSR count). The molecule has 0 saturated carbocycles. The summed E-state index contributed by atoms with van der Waals surface area (Å²) in [5.74, 6) is 0.791. The Morgan fingerprint density at radius 3 is 2.52 bits per heavy atom. The van der Waals surface area contributed by atoms with Crippen molar-refractivity contribution in [2.45, 2.75) is 25.7 Å². The molecule has 0 spiro atoms. The molecule has 1 aromatic rings. The van der Waals surface area contributed by atoms with Crippen molar-refractivity contribution in [2.75, 3.05) is 39.8 Å². The van der Waals surface area contributed by atoms with Crippen LogP contribution in [0.25, 0.3) is 0 Å². The van der Waals surface area contributed by atoms with Crippen molar-refractivity contribution in [1.82, 2.24) is 15.1 Å². The van der Waals surface area contributed by atoms with E-state index < -0.39 is 0 Å². The average molecular weight is 343 g/mol. The highest BCUT2D eigenvalue weighted by Crippen LogP contribution is 2.24. The molecule has 2 aliphatic heterocycles. The van der Waals surface area contributed by atoms with Crippen LogP contribution in [0, 0.1) is 11.8 Å². The fourth-order valence-corrected chi connectivity index (χ4v) is 4.11. The lowest BCUT2D eigenvalue weighted by Gasteiger charge is -2.38. The van der Waals surface area contributed by atoms with Gasteiger partial charge in [0.2, 0.25) is 5.91 Å². The lowest BCUT2D eigenvalue weighted by Crippen LogP contribution is -2.49. The largest absolute Gasteiger partial charge is 0.342 e. The molecule has 0 aliphatic carbocycles. The second-order valence-electron chi connectivity index (χ2n) is 7.31. The van der Waals surface area contributed by atoms with Crippen molar-refractivity contribution in [3.63, 3.8) is 0 Å². The summed E-state index contributed by atoms with van der Waals surface area (Å²) in [7, 11) is 1.97. The predicted octanol–water partition coefficient (Wildman–Crippen LogP) is 2.00. The van der Waals surface area contributed by atoms with E-state index in [9.17, 15) is 9.59 Å². The fraction of sp³-hybridized carbons (Fsp3) is 0.600. The molecule has 2 heterocycles. The molecule has 25 heavy (non-hydrogen) atoms. The Bertz CT molecular complexity index is 588. The molecular weight excluding hydrogens is 314 g/mol. The molecular formula is C20H29N3O2.